The van der Waals surface area contributed by atoms with Gasteiger partial charge in [-0.05, 0) is 12.5 Å². The zero-order chi connectivity index (χ0) is 11.0. The molecule has 0 spiro atoms. The van der Waals surface area contributed by atoms with Gasteiger partial charge in [0.15, 0.2) is 0 Å². The van der Waals surface area contributed by atoms with Crippen molar-refractivity contribution in [2.24, 2.45) is 5.92 Å². The third kappa shape index (κ3) is 6.65. The molecule has 2 atom stereocenters. The molecule has 2 unspecified atom stereocenters. The van der Waals surface area contributed by atoms with E-state index in [0.717, 1.165) is 12.3 Å². The zero-order valence-electron chi connectivity index (χ0n) is 9.36. The maximum atomic E-state index is 9.15. The molecule has 0 rings (SSSR count). The average molecular weight is 221 g/mol. The van der Waals surface area contributed by atoms with Crippen LogP contribution in [0.15, 0.2) is 0 Å². The number of hydrogen-bond donors (Lipinski definition) is 3. The smallest absolute Gasteiger partial charge is 0.0861 e. The molecule has 0 bridgehead atoms. The normalized spacial score (nSPS) is 15.9. The molecule has 0 saturated heterocycles. The minimum absolute atomic E-state index is 0.138. The summed E-state index contributed by atoms with van der Waals surface area (Å²) in [4.78, 5) is 0. The maximum Gasteiger partial charge on any atom is 0.0861 e. The van der Waals surface area contributed by atoms with E-state index in [1.54, 1.807) is 11.8 Å². The molecular formula is C10H23NO2S. The molecule has 3 N–H and O–H groups in total. The fourth-order valence-electron chi connectivity index (χ4n) is 1.13. The number of hydrogen-bond acceptors (Lipinski definition) is 4. The van der Waals surface area contributed by atoms with Gasteiger partial charge in [0.05, 0.1) is 12.7 Å². The Morgan fingerprint density at radius 2 is 1.93 bits per heavy atom. The van der Waals surface area contributed by atoms with E-state index in [4.69, 9.17) is 10.2 Å². The van der Waals surface area contributed by atoms with Gasteiger partial charge in [-0.1, -0.05) is 20.8 Å². The third-order valence-electron chi connectivity index (χ3n) is 2.09. The quantitative estimate of drug-likeness (QED) is 0.565. The van der Waals surface area contributed by atoms with Crippen molar-refractivity contribution in [3.05, 3.63) is 0 Å². The summed E-state index contributed by atoms with van der Waals surface area (Å²) >= 11 is 1.69. The lowest BCUT2D eigenvalue weighted by atomic mass is 10.1. The molecule has 0 aliphatic rings. The van der Waals surface area contributed by atoms with Crippen LogP contribution in [0.4, 0.5) is 0 Å². The van der Waals surface area contributed by atoms with Crippen molar-refractivity contribution in [2.45, 2.75) is 32.9 Å². The maximum absolute atomic E-state index is 9.15. The Labute approximate surface area is 91.3 Å². The first kappa shape index (κ1) is 14.2. The molecule has 0 aliphatic heterocycles. The van der Waals surface area contributed by atoms with Crippen molar-refractivity contribution in [2.75, 3.05) is 24.7 Å². The van der Waals surface area contributed by atoms with Crippen LogP contribution in [-0.4, -0.2) is 47.0 Å². The summed E-state index contributed by atoms with van der Waals surface area (Å²) in [6, 6.07) is 0.496. The monoisotopic (exact) mass is 221 g/mol. The van der Waals surface area contributed by atoms with E-state index in [-0.39, 0.29) is 6.61 Å². The van der Waals surface area contributed by atoms with Crippen LogP contribution in [-0.2, 0) is 0 Å². The van der Waals surface area contributed by atoms with Crippen molar-refractivity contribution in [1.82, 2.24) is 5.32 Å². The topological polar surface area (TPSA) is 52.5 Å². The second kappa shape index (κ2) is 8.53. The van der Waals surface area contributed by atoms with Crippen molar-refractivity contribution < 1.29 is 10.2 Å². The van der Waals surface area contributed by atoms with Crippen molar-refractivity contribution in [1.29, 1.82) is 0 Å². The van der Waals surface area contributed by atoms with Crippen molar-refractivity contribution in [3.63, 3.8) is 0 Å². The van der Waals surface area contributed by atoms with Crippen LogP contribution in [0, 0.1) is 5.92 Å². The second-order valence-electron chi connectivity index (χ2n) is 3.78. The summed E-state index contributed by atoms with van der Waals surface area (Å²) in [6.07, 6.45) is -0.575. The first-order valence-corrected chi connectivity index (χ1v) is 6.37. The molecule has 14 heavy (non-hydrogen) atoms. The van der Waals surface area contributed by atoms with E-state index < -0.39 is 6.10 Å². The SMILES string of the molecule is CCNC(CSCC(O)CO)C(C)C. The van der Waals surface area contributed by atoms with E-state index in [9.17, 15) is 0 Å². The number of nitrogens with one attached hydrogen (secondary N) is 1. The Morgan fingerprint density at radius 1 is 1.29 bits per heavy atom. The molecule has 0 radical (unpaired) electrons. The number of aliphatic hydroxyl groups excluding tert-OH is 2. The molecule has 0 aromatic carbocycles. The van der Waals surface area contributed by atoms with E-state index in [1.165, 1.54) is 0 Å². The van der Waals surface area contributed by atoms with E-state index in [1.807, 2.05) is 0 Å². The van der Waals surface area contributed by atoms with Gasteiger partial charge in [0.2, 0.25) is 0 Å². The Hall–Kier alpha value is 0.230. The van der Waals surface area contributed by atoms with Crippen molar-refractivity contribution >= 4 is 11.8 Å². The standard InChI is InChI=1S/C10H23NO2S/c1-4-11-10(8(2)3)7-14-6-9(13)5-12/h8-13H,4-7H2,1-3H3. The van der Waals surface area contributed by atoms with Gasteiger partial charge in [-0.2, -0.15) is 11.8 Å². The molecule has 0 aromatic rings. The Kier molecular flexibility index (Phi) is 8.67. The summed E-state index contributed by atoms with van der Waals surface area (Å²) in [7, 11) is 0. The fraction of sp³-hybridized carbons (Fsp3) is 1.00. The predicted molar refractivity (Wildman–Crippen MR) is 62.7 cm³/mol. The van der Waals surface area contributed by atoms with Gasteiger partial charge in [-0.25, -0.2) is 0 Å². The zero-order valence-corrected chi connectivity index (χ0v) is 10.2. The van der Waals surface area contributed by atoms with Crippen LogP contribution >= 0.6 is 11.8 Å². The van der Waals surface area contributed by atoms with Crippen LogP contribution < -0.4 is 5.32 Å². The molecule has 86 valence electrons. The highest BCUT2D eigenvalue weighted by molar-refractivity contribution is 7.99. The van der Waals surface area contributed by atoms with Gasteiger partial charge in [0.25, 0.3) is 0 Å². The molecule has 0 fully saturated rings. The summed E-state index contributed by atoms with van der Waals surface area (Å²) < 4.78 is 0. The second-order valence-corrected chi connectivity index (χ2v) is 4.86. The van der Waals surface area contributed by atoms with Crippen LogP contribution in [0.5, 0.6) is 0 Å². The lowest BCUT2D eigenvalue weighted by molar-refractivity contribution is 0.113. The predicted octanol–water partition coefficient (Wildman–Crippen LogP) is 0.707. The lowest BCUT2D eigenvalue weighted by Crippen LogP contribution is -2.36. The Morgan fingerprint density at radius 3 is 2.36 bits per heavy atom. The van der Waals surface area contributed by atoms with Gasteiger partial charge in [-0.3, -0.25) is 0 Å². The number of thioether (sulfide) groups is 1. The molecular weight excluding hydrogens is 198 g/mol. The molecule has 3 nitrogen and oxygen atoms in total. The van der Waals surface area contributed by atoms with Gasteiger partial charge < -0.3 is 15.5 Å². The van der Waals surface area contributed by atoms with Gasteiger partial charge in [0.1, 0.15) is 0 Å². The highest BCUT2D eigenvalue weighted by Crippen LogP contribution is 2.11. The first-order chi connectivity index (χ1) is 6.61. The summed E-state index contributed by atoms with van der Waals surface area (Å²) in [5, 5.41) is 21.2. The first-order valence-electron chi connectivity index (χ1n) is 5.21. The number of aliphatic hydroxyl groups is 2. The van der Waals surface area contributed by atoms with Gasteiger partial charge in [0, 0.05) is 17.5 Å². The third-order valence-corrected chi connectivity index (χ3v) is 3.30. The lowest BCUT2D eigenvalue weighted by Gasteiger charge is -2.21. The molecule has 0 amide bonds. The summed E-state index contributed by atoms with van der Waals surface area (Å²) in [5.41, 5.74) is 0. The average Bonchev–Trinajstić information content (AvgIpc) is 2.16. The Bertz CT molecular complexity index is 133. The number of rotatable bonds is 8. The van der Waals surface area contributed by atoms with Crippen LogP contribution in [0.25, 0.3) is 0 Å². The van der Waals surface area contributed by atoms with Crippen LogP contribution in [0.1, 0.15) is 20.8 Å². The van der Waals surface area contributed by atoms with E-state index >= 15 is 0 Å². The fourth-order valence-corrected chi connectivity index (χ4v) is 2.40. The molecule has 4 heteroatoms. The van der Waals surface area contributed by atoms with E-state index in [0.29, 0.717) is 17.7 Å². The molecule has 0 heterocycles. The van der Waals surface area contributed by atoms with Crippen LogP contribution in [0.3, 0.4) is 0 Å². The minimum Gasteiger partial charge on any atom is -0.394 e. The van der Waals surface area contributed by atoms with Crippen LogP contribution in [0.2, 0.25) is 0 Å². The van der Waals surface area contributed by atoms with E-state index in [2.05, 4.69) is 26.1 Å². The molecule has 0 aliphatic carbocycles. The molecule has 0 aromatic heterocycles. The highest BCUT2D eigenvalue weighted by atomic mass is 32.2. The van der Waals surface area contributed by atoms with Crippen molar-refractivity contribution in [3.8, 4) is 0 Å². The van der Waals surface area contributed by atoms with Gasteiger partial charge in [-0.15, -0.1) is 0 Å². The minimum atomic E-state index is -0.575. The molecule has 0 saturated carbocycles. The highest BCUT2D eigenvalue weighted by Gasteiger charge is 2.12. The summed E-state index contributed by atoms with van der Waals surface area (Å²) in [6.45, 7) is 7.32. The summed E-state index contributed by atoms with van der Waals surface area (Å²) in [5.74, 6) is 2.21. The van der Waals surface area contributed by atoms with Gasteiger partial charge >= 0.3 is 0 Å². The Balaban J connectivity index is 3.60. The largest absolute Gasteiger partial charge is 0.394 e.